The predicted molar refractivity (Wildman–Crippen MR) is 66.1 cm³/mol. The summed E-state index contributed by atoms with van der Waals surface area (Å²) in [4.78, 5) is 0. The van der Waals surface area contributed by atoms with Gasteiger partial charge in [0.05, 0.1) is 0 Å². The SMILES string of the molecule is CC.CC.CCC1C=CC=C1.[2H]CC. The molecule has 0 atom stereocenters. The van der Waals surface area contributed by atoms with Crippen molar-refractivity contribution in [3.8, 4) is 0 Å². The minimum absolute atomic E-state index is 0.500. The van der Waals surface area contributed by atoms with E-state index >= 15 is 0 Å². The molecule has 0 nitrogen and oxygen atoms in total. The van der Waals surface area contributed by atoms with Gasteiger partial charge in [0.25, 0.3) is 0 Å². The van der Waals surface area contributed by atoms with Crippen LogP contribution < -0.4 is 0 Å². The van der Waals surface area contributed by atoms with Crippen molar-refractivity contribution in [1.29, 1.82) is 0 Å². The minimum Gasteiger partial charge on any atom is -0.0776 e. The van der Waals surface area contributed by atoms with E-state index in [0.29, 0.717) is 6.90 Å². The fourth-order valence-corrected chi connectivity index (χ4v) is 0.750. The number of hydrogen-bond donors (Lipinski definition) is 0. The summed E-state index contributed by atoms with van der Waals surface area (Å²) in [6.07, 6.45) is 9.90. The first kappa shape index (κ1) is 15.0. The largest absolute Gasteiger partial charge is 0.0776 e. The summed E-state index contributed by atoms with van der Waals surface area (Å²) in [6.45, 7) is 12.5. The molecule has 0 amide bonds. The van der Waals surface area contributed by atoms with E-state index in [0.717, 1.165) is 5.92 Å². The molecular weight excluding hydrogens is 156 g/mol. The summed E-state index contributed by atoms with van der Waals surface area (Å²) in [5.41, 5.74) is 0. The Morgan fingerprint density at radius 2 is 1.31 bits per heavy atom. The second-order valence-electron chi connectivity index (χ2n) is 1.84. The van der Waals surface area contributed by atoms with Gasteiger partial charge in [0.2, 0.25) is 0 Å². The number of hydrogen-bond acceptors (Lipinski definition) is 0. The molecule has 0 unspecified atom stereocenters. The number of rotatable bonds is 1. The van der Waals surface area contributed by atoms with E-state index in [1.165, 1.54) is 6.42 Å². The van der Waals surface area contributed by atoms with Crippen LogP contribution in [0.2, 0.25) is 0 Å². The standard InChI is InChI=1S/C7H10.3C2H6/c1-2-7-5-3-4-6-7;3*1-2/h3-7H,2H2,1H3;3*1-2H3/i;1D;;. The van der Waals surface area contributed by atoms with Gasteiger partial charge in [-0.3, -0.25) is 0 Å². The van der Waals surface area contributed by atoms with Gasteiger partial charge in [0.1, 0.15) is 0 Å². The fraction of sp³-hybridized carbons (Fsp3) is 0.692. The lowest BCUT2D eigenvalue weighted by Gasteiger charge is -1.93. The molecule has 0 heterocycles. The molecule has 0 aliphatic heterocycles. The summed E-state index contributed by atoms with van der Waals surface area (Å²) in [5, 5.41) is 0. The highest BCUT2D eigenvalue weighted by Crippen LogP contribution is 2.10. The van der Waals surface area contributed by atoms with Gasteiger partial charge in [-0.15, -0.1) is 0 Å². The summed E-state index contributed by atoms with van der Waals surface area (Å²) in [6, 6.07) is 0. The highest BCUT2D eigenvalue weighted by atomic mass is 14.0. The maximum absolute atomic E-state index is 6.21. The van der Waals surface area contributed by atoms with Crippen molar-refractivity contribution in [2.45, 2.75) is 54.9 Å². The monoisotopic (exact) mass is 185 g/mol. The van der Waals surface area contributed by atoms with Crippen molar-refractivity contribution in [2.75, 3.05) is 0 Å². The lowest BCUT2D eigenvalue weighted by Crippen LogP contribution is -1.81. The maximum Gasteiger partial charge on any atom is 0.0228 e. The van der Waals surface area contributed by atoms with Gasteiger partial charge < -0.3 is 0 Å². The molecule has 0 saturated heterocycles. The number of allylic oxidation sites excluding steroid dienone is 4. The van der Waals surface area contributed by atoms with Gasteiger partial charge in [0, 0.05) is 1.37 Å². The zero-order valence-corrected chi connectivity index (χ0v) is 10.3. The molecule has 0 fully saturated rings. The van der Waals surface area contributed by atoms with Crippen molar-refractivity contribution in [1.82, 2.24) is 0 Å². The fourth-order valence-electron chi connectivity index (χ4n) is 0.750. The average molecular weight is 185 g/mol. The Bertz CT molecular complexity index is 102. The molecule has 80 valence electrons. The topological polar surface area (TPSA) is 0 Å². The van der Waals surface area contributed by atoms with E-state index in [1.807, 2.05) is 27.7 Å². The van der Waals surface area contributed by atoms with Crippen LogP contribution in [0, 0.1) is 5.92 Å². The van der Waals surface area contributed by atoms with E-state index in [-0.39, 0.29) is 0 Å². The quantitative estimate of drug-likeness (QED) is 0.525. The Hall–Kier alpha value is -0.520. The first-order valence-corrected chi connectivity index (χ1v) is 5.49. The van der Waals surface area contributed by atoms with E-state index in [2.05, 4.69) is 31.2 Å². The van der Waals surface area contributed by atoms with Crippen LogP contribution in [-0.2, 0) is 0 Å². The van der Waals surface area contributed by atoms with Crippen LogP contribution in [0.1, 0.15) is 56.2 Å². The van der Waals surface area contributed by atoms with Crippen molar-refractivity contribution in [3.63, 3.8) is 0 Å². The van der Waals surface area contributed by atoms with Crippen LogP contribution in [0.3, 0.4) is 0 Å². The maximum atomic E-state index is 6.21. The molecule has 0 spiro atoms. The minimum atomic E-state index is 0.500. The lowest BCUT2D eigenvalue weighted by atomic mass is 10.1. The summed E-state index contributed by atoms with van der Waals surface area (Å²) in [7, 11) is 0. The van der Waals surface area contributed by atoms with E-state index in [9.17, 15) is 0 Å². The highest BCUT2D eigenvalue weighted by molar-refractivity contribution is 5.16. The average Bonchev–Trinajstić information content (AvgIpc) is 2.77. The smallest absolute Gasteiger partial charge is 0.0228 e. The second kappa shape index (κ2) is 22.5. The zero-order valence-electron chi connectivity index (χ0n) is 11.3. The van der Waals surface area contributed by atoms with Crippen LogP contribution in [0.5, 0.6) is 0 Å². The van der Waals surface area contributed by atoms with Gasteiger partial charge in [-0.1, -0.05) is 72.7 Å². The van der Waals surface area contributed by atoms with Crippen molar-refractivity contribution < 1.29 is 1.37 Å². The highest BCUT2D eigenvalue weighted by Gasteiger charge is 1.96. The van der Waals surface area contributed by atoms with Gasteiger partial charge in [-0.2, -0.15) is 0 Å². The van der Waals surface area contributed by atoms with Crippen LogP contribution in [-0.4, -0.2) is 0 Å². The van der Waals surface area contributed by atoms with E-state index in [1.54, 1.807) is 6.92 Å². The third-order valence-corrected chi connectivity index (χ3v) is 1.30. The molecule has 0 saturated carbocycles. The molecule has 0 bridgehead atoms. The molecule has 1 aliphatic rings. The van der Waals surface area contributed by atoms with E-state index in [4.69, 9.17) is 1.37 Å². The van der Waals surface area contributed by atoms with Gasteiger partial charge in [-0.05, 0) is 12.3 Å². The Balaban J connectivity index is -0.000000148. The molecule has 0 aromatic carbocycles. The molecule has 0 heteroatoms. The van der Waals surface area contributed by atoms with Gasteiger partial charge >= 0.3 is 0 Å². The van der Waals surface area contributed by atoms with Gasteiger partial charge in [0.15, 0.2) is 0 Å². The van der Waals surface area contributed by atoms with Crippen molar-refractivity contribution >= 4 is 0 Å². The molecular formula is C13H28. The third-order valence-electron chi connectivity index (χ3n) is 1.30. The molecule has 0 aromatic rings. The van der Waals surface area contributed by atoms with Crippen molar-refractivity contribution in [3.05, 3.63) is 24.3 Å². The lowest BCUT2D eigenvalue weighted by molar-refractivity contribution is 0.784. The summed E-state index contributed by atoms with van der Waals surface area (Å²) in [5.74, 6) is 0.736. The third kappa shape index (κ3) is 14.3. The second-order valence-corrected chi connectivity index (χ2v) is 1.84. The van der Waals surface area contributed by atoms with Gasteiger partial charge in [-0.25, -0.2) is 0 Å². The molecule has 0 aromatic heterocycles. The van der Waals surface area contributed by atoms with Crippen LogP contribution in [0.25, 0.3) is 0 Å². The Labute approximate surface area is 87.2 Å². The summed E-state index contributed by atoms with van der Waals surface area (Å²) < 4.78 is 6.21. The molecule has 0 N–H and O–H groups in total. The Morgan fingerprint density at radius 1 is 1.00 bits per heavy atom. The Morgan fingerprint density at radius 3 is 1.46 bits per heavy atom. The first-order chi connectivity index (χ1) is 6.85. The summed E-state index contributed by atoms with van der Waals surface area (Å²) >= 11 is 0. The Kier molecular flexibility index (Phi) is 26.0. The molecule has 13 heavy (non-hydrogen) atoms. The predicted octanol–water partition coefficient (Wildman–Crippen LogP) is 5.22. The molecule has 0 radical (unpaired) electrons. The zero-order chi connectivity index (χ0) is 11.8. The molecule has 1 aliphatic carbocycles. The van der Waals surface area contributed by atoms with Crippen LogP contribution >= 0.6 is 0 Å². The van der Waals surface area contributed by atoms with E-state index < -0.39 is 0 Å². The normalized spacial score (nSPS) is 12.6. The van der Waals surface area contributed by atoms with Crippen molar-refractivity contribution in [2.24, 2.45) is 5.92 Å². The first-order valence-electron chi connectivity index (χ1n) is 6.20. The van der Waals surface area contributed by atoms with Crippen LogP contribution in [0.15, 0.2) is 24.3 Å². The molecule has 1 rings (SSSR count). The van der Waals surface area contributed by atoms with Crippen LogP contribution in [0.4, 0.5) is 0 Å².